The molecule has 174 valence electrons. The second-order valence-corrected chi connectivity index (χ2v) is 11.6. The van der Waals surface area contributed by atoms with Crippen molar-refractivity contribution in [2.24, 2.45) is 0 Å². The highest BCUT2D eigenvalue weighted by Gasteiger charge is 2.21. The second-order valence-electron chi connectivity index (χ2n) is 9.53. The summed E-state index contributed by atoms with van der Waals surface area (Å²) in [7, 11) is -0.812. The lowest BCUT2D eigenvalue weighted by atomic mass is 10.0. The maximum absolute atomic E-state index is 2.59. The first-order valence-electron chi connectivity index (χ1n) is 12.6. The first-order chi connectivity index (χ1) is 18.4. The van der Waals surface area contributed by atoms with E-state index in [-0.39, 0.29) is 0 Å². The van der Waals surface area contributed by atoms with Gasteiger partial charge in [-0.3, -0.25) is 4.16 Å². The zero-order chi connectivity index (χ0) is 24.3. The third-order valence-electron chi connectivity index (χ3n) is 7.47. The van der Waals surface area contributed by atoms with E-state index in [1.165, 1.54) is 60.0 Å². The van der Waals surface area contributed by atoms with Gasteiger partial charge in [0.05, 0.1) is 16.6 Å². The minimum absolute atomic E-state index is 0.812. The molecule has 0 spiro atoms. The van der Waals surface area contributed by atoms with Gasteiger partial charge in [0.1, 0.15) is 0 Å². The van der Waals surface area contributed by atoms with Crippen LogP contribution < -0.4 is 0 Å². The van der Waals surface area contributed by atoms with Gasteiger partial charge in [-0.25, -0.2) is 0 Å². The van der Waals surface area contributed by atoms with E-state index in [1.54, 1.807) is 0 Å². The molecule has 0 radical (unpaired) electrons. The van der Waals surface area contributed by atoms with Crippen LogP contribution in [0, 0.1) is 0 Å². The number of nitrogens with zero attached hydrogens (tertiary/aromatic N) is 2. The summed E-state index contributed by atoms with van der Waals surface area (Å²) in [4.78, 5) is 0. The average molecular weight is 491 g/mol. The molecule has 8 aromatic rings. The predicted octanol–water partition coefficient (Wildman–Crippen LogP) is 9.81. The van der Waals surface area contributed by atoms with Gasteiger partial charge in [0.25, 0.3) is 0 Å². The summed E-state index contributed by atoms with van der Waals surface area (Å²) in [5.74, 6) is 0. The van der Waals surface area contributed by atoms with Crippen LogP contribution in [0.2, 0.25) is 0 Å². The van der Waals surface area contributed by atoms with Crippen LogP contribution in [0.4, 0.5) is 0 Å². The SMILES string of the molecule is c1ccc(-c2cn3c4ccccc4p(-c4ccccc4)n4cc(-c5ccccc5)c5ccc2c3c54)cc1. The Bertz CT molecular complexity index is 2060. The molecule has 2 nitrogen and oxygen atoms in total. The van der Waals surface area contributed by atoms with E-state index in [1.807, 2.05) is 0 Å². The van der Waals surface area contributed by atoms with Crippen molar-refractivity contribution < 1.29 is 0 Å². The van der Waals surface area contributed by atoms with Crippen molar-refractivity contribution in [2.75, 3.05) is 0 Å². The second kappa shape index (κ2) is 8.00. The standard InChI is InChI=1S/C34H23N2P/c1-4-12-24(13-5-1)29-22-35-31-18-10-11-19-32(31)37(26-16-8-3-9-17-26)36-23-30(25-14-6-2-7-15-25)28-21-20-27(29)33(35)34(28)36/h1-23H. The number of rotatable bonds is 3. The molecule has 0 aliphatic rings. The number of para-hydroxylation sites is 1. The molecule has 0 aliphatic heterocycles. The molecular formula is C34H23N2P. The van der Waals surface area contributed by atoms with Crippen LogP contribution in [-0.4, -0.2) is 8.56 Å². The van der Waals surface area contributed by atoms with Gasteiger partial charge in [-0.05, 0) is 43.1 Å². The van der Waals surface area contributed by atoms with E-state index in [9.17, 15) is 0 Å². The average Bonchev–Trinajstić information content (AvgIpc) is 3.51. The van der Waals surface area contributed by atoms with E-state index in [0.29, 0.717) is 0 Å². The molecule has 3 heterocycles. The number of fused-ring (bicyclic) bond motifs is 2. The quantitative estimate of drug-likeness (QED) is 0.233. The number of aromatic nitrogens is 2. The molecule has 0 bridgehead atoms. The third kappa shape index (κ3) is 3.00. The Morgan fingerprint density at radius 1 is 0.459 bits per heavy atom. The Hall–Kier alpha value is -4.52. The third-order valence-corrected chi connectivity index (χ3v) is 9.83. The van der Waals surface area contributed by atoms with Gasteiger partial charge in [0.15, 0.2) is 0 Å². The van der Waals surface area contributed by atoms with Crippen molar-refractivity contribution in [3.05, 3.63) is 140 Å². The zero-order valence-electron chi connectivity index (χ0n) is 20.1. The Labute approximate surface area is 215 Å². The molecule has 1 atom stereocenters. The monoisotopic (exact) mass is 490 g/mol. The maximum Gasteiger partial charge on any atom is 0.0813 e. The smallest absolute Gasteiger partial charge is 0.0813 e. The van der Waals surface area contributed by atoms with E-state index in [4.69, 9.17) is 0 Å². The molecule has 37 heavy (non-hydrogen) atoms. The van der Waals surface area contributed by atoms with Gasteiger partial charge in [-0.1, -0.05) is 103 Å². The molecular weight excluding hydrogens is 467 g/mol. The lowest BCUT2D eigenvalue weighted by Gasteiger charge is -2.08. The van der Waals surface area contributed by atoms with Crippen molar-refractivity contribution in [1.29, 1.82) is 0 Å². The van der Waals surface area contributed by atoms with Gasteiger partial charge in [-0.15, -0.1) is 0 Å². The Balaban J connectivity index is 1.66. The molecule has 3 heteroatoms. The minimum Gasteiger partial charge on any atom is -0.313 e. The van der Waals surface area contributed by atoms with Crippen molar-refractivity contribution >= 4 is 40.1 Å². The van der Waals surface area contributed by atoms with Crippen LogP contribution in [-0.2, 0) is 0 Å². The largest absolute Gasteiger partial charge is 0.313 e. The van der Waals surface area contributed by atoms with Crippen LogP contribution in [0.25, 0.3) is 60.0 Å². The molecule has 0 N–H and O–H groups in total. The molecule has 0 aliphatic carbocycles. The van der Waals surface area contributed by atoms with E-state index < -0.39 is 7.69 Å². The molecule has 5 aromatic carbocycles. The van der Waals surface area contributed by atoms with Crippen LogP contribution >= 0.6 is 7.69 Å². The van der Waals surface area contributed by atoms with Gasteiger partial charge in [0.2, 0.25) is 0 Å². The highest BCUT2D eigenvalue weighted by Crippen LogP contribution is 2.50. The van der Waals surface area contributed by atoms with Crippen molar-refractivity contribution in [1.82, 2.24) is 8.56 Å². The summed E-state index contributed by atoms with van der Waals surface area (Å²) in [5.41, 5.74) is 8.92. The Morgan fingerprint density at radius 3 is 1.68 bits per heavy atom. The van der Waals surface area contributed by atoms with Gasteiger partial charge in [0, 0.05) is 44.7 Å². The first-order valence-corrected chi connectivity index (χ1v) is 13.9. The molecule has 0 saturated heterocycles. The molecule has 1 unspecified atom stereocenters. The van der Waals surface area contributed by atoms with Crippen LogP contribution in [0.1, 0.15) is 0 Å². The molecule has 8 rings (SSSR count). The molecule has 0 amide bonds. The summed E-state index contributed by atoms with van der Waals surface area (Å²) >= 11 is 0. The molecule has 3 aromatic heterocycles. The summed E-state index contributed by atoms with van der Waals surface area (Å²) < 4.78 is 5.04. The Morgan fingerprint density at radius 2 is 1.00 bits per heavy atom. The number of hydrogen-bond donors (Lipinski definition) is 0. The topological polar surface area (TPSA) is 8.82 Å². The summed E-state index contributed by atoms with van der Waals surface area (Å²) in [6.07, 6.45) is 4.75. The van der Waals surface area contributed by atoms with Crippen molar-refractivity contribution in [3.8, 4) is 27.6 Å². The van der Waals surface area contributed by atoms with E-state index >= 15 is 0 Å². The van der Waals surface area contributed by atoms with Crippen molar-refractivity contribution in [2.45, 2.75) is 0 Å². The normalized spacial score (nSPS) is 12.3. The molecule has 0 fully saturated rings. The van der Waals surface area contributed by atoms with Crippen LogP contribution in [0.3, 0.4) is 0 Å². The highest BCUT2D eigenvalue weighted by molar-refractivity contribution is 7.59. The summed E-state index contributed by atoms with van der Waals surface area (Å²) in [6.45, 7) is 0. The first kappa shape index (κ1) is 20.7. The van der Waals surface area contributed by atoms with Gasteiger partial charge < -0.3 is 4.40 Å². The number of hydrogen-bond acceptors (Lipinski definition) is 0. The zero-order valence-corrected chi connectivity index (χ0v) is 21.0. The minimum atomic E-state index is -0.812. The predicted molar refractivity (Wildman–Crippen MR) is 158 cm³/mol. The van der Waals surface area contributed by atoms with Crippen LogP contribution in [0.5, 0.6) is 0 Å². The number of benzene rings is 5. The van der Waals surface area contributed by atoms with Crippen LogP contribution in [0.15, 0.2) is 140 Å². The van der Waals surface area contributed by atoms with E-state index in [0.717, 1.165) is 0 Å². The van der Waals surface area contributed by atoms with E-state index in [2.05, 4.69) is 148 Å². The lowest BCUT2D eigenvalue weighted by Crippen LogP contribution is -1.83. The van der Waals surface area contributed by atoms with Crippen molar-refractivity contribution in [3.63, 3.8) is 0 Å². The summed E-state index contributed by atoms with van der Waals surface area (Å²) in [5, 5.41) is 5.31. The fourth-order valence-corrected chi connectivity index (χ4v) is 8.32. The lowest BCUT2D eigenvalue weighted by molar-refractivity contribution is 1.28. The fraction of sp³-hybridized carbons (Fsp3) is 0. The van der Waals surface area contributed by atoms with Gasteiger partial charge >= 0.3 is 0 Å². The highest BCUT2D eigenvalue weighted by atomic mass is 31.1. The fourth-order valence-electron chi connectivity index (χ4n) is 5.85. The molecule has 0 saturated carbocycles. The van der Waals surface area contributed by atoms with Gasteiger partial charge in [-0.2, -0.15) is 0 Å². The Kier molecular flexibility index (Phi) is 4.46. The summed E-state index contributed by atoms with van der Waals surface area (Å²) in [6, 6.07) is 46.2. The maximum atomic E-state index is 2.59.